The first-order valence-corrected chi connectivity index (χ1v) is 21.6. The summed E-state index contributed by atoms with van der Waals surface area (Å²) in [5.41, 5.74) is 8.73. The molecule has 62 heavy (non-hydrogen) atoms. The van der Waals surface area contributed by atoms with Crippen LogP contribution in [-0.4, -0.2) is 80.2 Å². The van der Waals surface area contributed by atoms with Crippen molar-refractivity contribution in [2.75, 3.05) is 31.1 Å². The van der Waals surface area contributed by atoms with Gasteiger partial charge in [-0.1, -0.05) is 62.3 Å². The Bertz CT molecular complexity index is 2660. The number of aryl methyl sites for hydroxylation is 1. The maximum atomic E-state index is 15.3. The minimum atomic E-state index is -0.615. The molecule has 1 aliphatic carbocycles. The van der Waals surface area contributed by atoms with Gasteiger partial charge in [-0.25, -0.2) is 9.37 Å². The van der Waals surface area contributed by atoms with Gasteiger partial charge in [-0.2, -0.15) is 10.1 Å². The van der Waals surface area contributed by atoms with Crippen molar-refractivity contribution in [2.45, 2.75) is 96.1 Å². The van der Waals surface area contributed by atoms with Crippen LogP contribution in [0, 0.1) is 12.7 Å². The first kappa shape index (κ1) is 41.1. The smallest absolute Gasteiger partial charge is 0.315 e. The normalized spacial score (nSPS) is 20.4. The molecule has 3 amide bonds. The highest BCUT2D eigenvalue weighted by molar-refractivity contribution is 6.01. The number of hydrogen-bond donors (Lipinski definition) is 3. The third kappa shape index (κ3) is 8.23. The molecule has 3 aliphatic rings. The minimum Gasteiger partial charge on any atom is -0.369 e. The van der Waals surface area contributed by atoms with E-state index >= 15 is 4.39 Å². The molecule has 0 radical (unpaired) electrons. The Morgan fingerprint density at radius 3 is 2.42 bits per heavy atom. The lowest BCUT2D eigenvalue weighted by Gasteiger charge is -2.39. The molecule has 2 aliphatic heterocycles. The van der Waals surface area contributed by atoms with Gasteiger partial charge in [0.2, 0.25) is 11.8 Å². The summed E-state index contributed by atoms with van der Waals surface area (Å²) >= 11 is 0. The Kier molecular flexibility index (Phi) is 11.0. The Morgan fingerprint density at radius 1 is 0.935 bits per heavy atom. The van der Waals surface area contributed by atoms with E-state index in [1.165, 1.54) is 5.69 Å². The van der Waals surface area contributed by atoms with Crippen molar-refractivity contribution in [3.8, 4) is 22.4 Å². The summed E-state index contributed by atoms with van der Waals surface area (Å²) in [7, 11) is 0. The molecule has 3 unspecified atom stereocenters. The van der Waals surface area contributed by atoms with Gasteiger partial charge in [-0.3, -0.25) is 29.7 Å². The van der Waals surface area contributed by atoms with E-state index in [1.54, 1.807) is 12.1 Å². The Balaban J connectivity index is 0.807. The van der Waals surface area contributed by atoms with Crippen LogP contribution in [0.25, 0.3) is 33.4 Å². The van der Waals surface area contributed by atoms with Crippen LogP contribution >= 0.6 is 0 Å². The number of pyridine rings is 1. The molecule has 320 valence electrons. The molecular formula is C48H52FN9O4. The van der Waals surface area contributed by atoms with Gasteiger partial charge in [-0.15, -0.1) is 0 Å². The standard InChI is InChI=1S/C48H52FN9O4/c1-27-22-32(10-14-36(27)28(2)51-45(61)46-53-47(56-62-46)48(3,4)5)42-39-24-33(26-50-43(39)55-54-42)29-6-11-34(12-7-29)57-18-20-58(21-19-57)35-13-8-30(23-35)31-9-15-37(40(49)25-31)38-16-17-41(59)52-44(38)60/h6-7,9-12,14-15,22,24-26,28,30,35,38H,8,13,16-21,23H2,1-5H3,(H,51,61)(H,50,54,55)(H,52,59,60)/t28-,30?,35?,38?/m1/s1. The zero-order valence-corrected chi connectivity index (χ0v) is 35.8. The summed E-state index contributed by atoms with van der Waals surface area (Å²) < 4.78 is 20.5. The maximum Gasteiger partial charge on any atom is 0.315 e. The molecular weight excluding hydrogens is 786 g/mol. The third-order valence-corrected chi connectivity index (χ3v) is 13.0. The summed E-state index contributed by atoms with van der Waals surface area (Å²) in [6, 6.07) is 22.4. The van der Waals surface area contributed by atoms with Crippen LogP contribution in [0.5, 0.6) is 0 Å². The van der Waals surface area contributed by atoms with Crippen molar-refractivity contribution in [1.82, 2.24) is 40.9 Å². The highest BCUT2D eigenvalue weighted by atomic mass is 19.1. The van der Waals surface area contributed by atoms with Gasteiger partial charge in [-0.05, 0) is 98.0 Å². The number of piperazine rings is 1. The maximum absolute atomic E-state index is 15.3. The van der Waals surface area contributed by atoms with Crippen LogP contribution in [0.3, 0.4) is 0 Å². The highest BCUT2D eigenvalue weighted by Crippen LogP contribution is 2.39. The summed E-state index contributed by atoms with van der Waals surface area (Å²) in [4.78, 5) is 50.9. The van der Waals surface area contributed by atoms with Crippen LogP contribution in [0.4, 0.5) is 10.1 Å². The Hall–Kier alpha value is -6.28. The second-order valence-electron chi connectivity index (χ2n) is 18.2. The number of carbonyl (C=O) groups excluding carboxylic acids is 3. The van der Waals surface area contributed by atoms with Crippen LogP contribution in [-0.2, 0) is 15.0 Å². The van der Waals surface area contributed by atoms with Crippen molar-refractivity contribution in [3.05, 3.63) is 113 Å². The number of fused-ring (bicyclic) bond motifs is 1. The lowest BCUT2D eigenvalue weighted by atomic mass is 9.88. The van der Waals surface area contributed by atoms with E-state index in [0.717, 1.165) is 89.9 Å². The van der Waals surface area contributed by atoms with Gasteiger partial charge in [0, 0.05) is 78.0 Å². The van der Waals surface area contributed by atoms with Gasteiger partial charge in [0.15, 0.2) is 11.5 Å². The number of hydrogen-bond acceptors (Lipinski definition) is 10. The number of carbonyl (C=O) groups is 3. The summed E-state index contributed by atoms with van der Waals surface area (Å²) in [6.45, 7) is 13.7. The number of rotatable bonds is 9. The number of H-pyrrole nitrogens is 1. The average Bonchev–Trinajstić information content (AvgIpc) is 4.05. The van der Waals surface area contributed by atoms with Crippen LogP contribution in [0.15, 0.2) is 77.4 Å². The largest absolute Gasteiger partial charge is 0.369 e. The number of aromatic amines is 1. The van der Waals surface area contributed by atoms with E-state index in [4.69, 9.17) is 9.51 Å². The molecule has 1 saturated carbocycles. The Labute approximate surface area is 359 Å². The molecule has 4 atom stereocenters. The van der Waals surface area contributed by atoms with E-state index < -0.39 is 17.7 Å². The molecule has 2 saturated heterocycles. The number of nitrogens with one attached hydrogen (secondary N) is 3. The minimum absolute atomic E-state index is 0.0542. The van der Waals surface area contributed by atoms with Crippen LogP contribution in [0.1, 0.15) is 116 Å². The molecule has 14 heteroatoms. The number of halogens is 1. The fourth-order valence-corrected chi connectivity index (χ4v) is 9.42. The molecule has 6 aromatic rings. The molecule has 9 rings (SSSR count). The first-order valence-electron chi connectivity index (χ1n) is 21.6. The van der Waals surface area contributed by atoms with Gasteiger partial charge >= 0.3 is 11.8 Å². The molecule has 0 spiro atoms. The molecule has 3 aromatic carbocycles. The number of amides is 3. The number of piperidine rings is 1. The molecule has 5 heterocycles. The van der Waals surface area contributed by atoms with Crippen molar-refractivity contribution in [1.29, 1.82) is 0 Å². The monoisotopic (exact) mass is 837 g/mol. The lowest BCUT2D eigenvalue weighted by Crippen LogP contribution is -2.49. The van der Waals surface area contributed by atoms with Crippen LogP contribution < -0.4 is 15.5 Å². The highest BCUT2D eigenvalue weighted by Gasteiger charge is 2.34. The molecule has 13 nitrogen and oxygen atoms in total. The quantitative estimate of drug-likeness (QED) is 0.122. The van der Waals surface area contributed by atoms with E-state index in [9.17, 15) is 14.4 Å². The van der Waals surface area contributed by atoms with Crippen LogP contribution in [0.2, 0.25) is 0 Å². The van der Waals surface area contributed by atoms with E-state index in [1.807, 2.05) is 59.0 Å². The van der Waals surface area contributed by atoms with Crippen molar-refractivity contribution in [3.63, 3.8) is 0 Å². The lowest BCUT2D eigenvalue weighted by molar-refractivity contribution is -0.134. The molecule has 0 bridgehead atoms. The first-order chi connectivity index (χ1) is 29.8. The fourth-order valence-electron chi connectivity index (χ4n) is 9.42. The zero-order chi connectivity index (χ0) is 43.3. The second-order valence-corrected chi connectivity index (χ2v) is 18.2. The topological polar surface area (TPSA) is 162 Å². The second kappa shape index (κ2) is 16.5. The van der Waals surface area contributed by atoms with Gasteiger partial charge in [0.1, 0.15) is 11.5 Å². The zero-order valence-electron chi connectivity index (χ0n) is 35.8. The van der Waals surface area contributed by atoms with E-state index in [0.29, 0.717) is 29.5 Å². The number of anilines is 1. The van der Waals surface area contributed by atoms with E-state index in [2.05, 4.69) is 77.2 Å². The summed E-state index contributed by atoms with van der Waals surface area (Å²) in [5, 5.41) is 18.0. The Morgan fingerprint density at radius 2 is 1.71 bits per heavy atom. The number of imide groups is 1. The van der Waals surface area contributed by atoms with Gasteiger partial charge < -0.3 is 14.7 Å². The average molecular weight is 838 g/mol. The summed E-state index contributed by atoms with van der Waals surface area (Å²) in [5.74, 6) is -1.37. The molecule has 3 N–H and O–H groups in total. The predicted octanol–water partition coefficient (Wildman–Crippen LogP) is 7.89. The predicted molar refractivity (Wildman–Crippen MR) is 234 cm³/mol. The molecule has 3 fully saturated rings. The number of benzene rings is 3. The fraction of sp³-hybridized carbons (Fsp3) is 0.396. The van der Waals surface area contributed by atoms with Crippen molar-refractivity contribution >= 4 is 34.4 Å². The number of aromatic nitrogens is 5. The molecule has 3 aromatic heterocycles. The van der Waals surface area contributed by atoms with Crippen molar-refractivity contribution < 1.29 is 23.3 Å². The summed E-state index contributed by atoms with van der Waals surface area (Å²) in [6.07, 6.45) is 5.54. The van der Waals surface area contributed by atoms with Crippen molar-refractivity contribution in [2.24, 2.45) is 0 Å². The SMILES string of the molecule is Cc1cc(-c2n[nH]c3ncc(-c4ccc(N5CCN(C6CCC(c7ccc(C8CCC(=O)NC8=O)c(F)c7)C6)CC5)cc4)cc23)ccc1[C@@H](C)NC(=O)c1nc(C(C)(C)C)no1. The third-order valence-electron chi connectivity index (χ3n) is 13.0. The number of nitrogens with zero attached hydrogens (tertiary/aromatic N) is 6. The van der Waals surface area contributed by atoms with Gasteiger partial charge in [0.05, 0.1) is 12.0 Å². The van der Waals surface area contributed by atoms with E-state index in [-0.39, 0.29) is 41.4 Å². The van der Waals surface area contributed by atoms with Gasteiger partial charge in [0.25, 0.3) is 0 Å².